The highest BCUT2D eigenvalue weighted by Gasteiger charge is 2.18. The number of nitrogens with zero attached hydrogens (tertiary/aromatic N) is 1. The summed E-state index contributed by atoms with van der Waals surface area (Å²) in [6.45, 7) is 1.52. The van der Waals surface area contributed by atoms with Crippen LogP contribution in [0.2, 0.25) is 0 Å². The zero-order valence-corrected chi connectivity index (χ0v) is 8.32. The fraction of sp³-hybridized carbons (Fsp3) is 0.778. The van der Waals surface area contributed by atoms with Crippen LogP contribution >= 0.6 is 0 Å². The maximum absolute atomic E-state index is 11.3. The van der Waals surface area contributed by atoms with Crippen molar-refractivity contribution in [3.8, 4) is 0 Å². The highest BCUT2D eigenvalue weighted by Crippen LogP contribution is 2.06. The molecule has 0 aromatic carbocycles. The monoisotopic (exact) mass is 201 g/mol. The van der Waals surface area contributed by atoms with Crippen molar-refractivity contribution >= 4 is 12.1 Å². The Hall–Kier alpha value is -1.26. The maximum atomic E-state index is 11.3. The Morgan fingerprint density at radius 1 is 1.57 bits per heavy atom. The number of hydrogen-bond donors (Lipinski definition) is 0. The number of carbonyl (C=O) groups is 2. The van der Waals surface area contributed by atoms with E-state index in [1.807, 2.05) is 0 Å². The first kappa shape index (κ1) is 10.8. The van der Waals surface area contributed by atoms with E-state index in [1.165, 1.54) is 7.11 Å². The van der Waals surface area contributed by atoms with E-state index < -0.39 is 0 Å². The van der Waals surface area contributed by atoms with Crippen molar-refractivity contribution in [3.05, 3.63) is 0 Å². The molecule has 14 heavy (non-hydrogen) atoms. The first-order chi connectivity index (χ1) is 6.74. The van der Waals surface area contributed by atoms with E-state index in [2.05, 4.69) is 4.74 Å². The Bertz CT molecular complexity index is 217. The van der Waals surface area contributed by atoms with Crippen LogP contribution in [0.5, 0.6) is 0 Å². The minimum atomic E-state index is -0.327. The summed E-state index contributed by atoms with van der Waals surface area (Å²) in [7, 11) is 1.34. The Labute approximate surface area is 83.0 Å². The second-order valence-corrected chi connectivity index (χ2v) is 3.13. The summed E-state index contributed by atoms with van der Waals surface area (Å²) in [5.74, 6) is -0.304. The minimum Gasteiger partial charge on any atom is -0.469 e. The van der Waals surface area contributed by atoms with Crippen LogP contribution in [-0.2, 0) is 14.3 Å². The molecular weight excluding hydrogens is 186 g/mol. The van der Waals surface area contributed by atoms with E-state index in [0.717, 1.165) is 12.8 Å². The zero-order chi connectivity index (χ0) is 10.4. The minimum absolute atomic E-state index is 0.228. The van der Waals surface area contributed by atoms with Gasteiger partial charge in [0.1, 0.15) is 0 Å². The largest absolute Gasteiger partial charge is 0.469 e. The molecule has 0 aromatic rings. The SMILES string of the molecule is COC(=O)CCN1CCCCOC1=O. The molecule has 80 valence electrons. The third-order valence-electron chi connectivity index (χ3n) is 2.12. The van der Waals surface area contributed by atoms with Gasteiger partial charge in [0.15, 0.2) is 0 Å². The fourth-order valence-electron chi connectivity index (χ4n) is 1.28. The quantitative estimate of drug-likeness (QED) is 0.633. The van der Waals surface area contributed by atoms with Crippen molar-refractivity contribution in [3.63, 3.8) is 0 Å². The van der Waals surface area contributed by atoms with Gasteiger partial charge in [-0.2, -0.15) is 0 Å². The summed E-state index contributed by atoms with van der Waals surface area (Å²) in [5, 5.41) is 0. The number of methoxy groups -OCH3 is 1. The van der Waals surface area contributed by atoms with E-state index in [4.69, 9.17) is 4.74 Å². The highest BCUT2D eigenvalue weighted by atomic mass is 16.6. The molecule has 5 nitrogen and oxygen atoms in total. The van der Waals surface area contributed by atoms with Gasteiger partial charge in [-0.25, -0.2) is 4.79 Å². The second-order valence-electron chi connectivity index (χ2n) is 3.13. The van der Waals surface area contributed by atoms with E-state index in [-0.39, 0.29) is 18.5 Å². The van der Waals surface area contributed by atoms with E-state index in [1.54, 1.807) is 4.90 Å². The lowest BCUT2D eigenvalue weighted by Gasteiger charge is -2.17. The molecule has 0 saturated carbocycles. The van der Waals surface area contributed by atoms with Gasteiger partial charge in [0, 0.05) is 13.1 Å². The van der Waals surface area contributed by atoms with Crippen molar-refractivity contribution in [2.45, 2.75) is 19.3 Å². The summed E-state index contributed by atoms with van der Waals surface area (Å²) in [6.07, 6.45) is 1.71. The van der Waals surface area contributed by atoms with Crippen LogP contribution in [0.3, 0.4) is 0 Å². The summed E-state index contributed by atoms with van der Waals surface area (Å²) >= 11 is 0. The van der Waals surface area contributed by atoms with Gasteiger partial charge in [-0.15, -0.1) is 0 Å². The molecule has 0 unspecified atom stereocenters. The predicted octanol–water partition coefficient (Wildman–Crippen LogP) is 0.782. The third kappa shape index (κ3) is 3.24. The van der Waals surface area contributed by atoms with Gasteiger partial charge in [-0.05, 0) is 12.8 Å². The molecule has 0 radical (unpaired) electrons. The second kappa shape index (κ2) is 5.47. The molecule has 0 atom stereocenters. The molecule has 0 bridgehead atoms. The molecule has 5 heteroatoms. The molecule has 1 aliphatic rings. The number of rotatable bonds is 3. The number of cyclic esters (lactones) is 1. The van der Waals surface area contributed by atoms with Crippen molar-refractivity contribution < 1.29 is 19.1 Å². The van der Waals surface area contributed by atoms with Crippen molar-refractivity contribution in [1.82, 2.24) is 4.90 Å². The standard InChI is InChI=1S/C9H15NO4/c1-13-8(11)4-6-10-5-2-3-7-14-9(10)12/h2-7H2,1H3. The fourth-order valence-corrected chi connectivity index (χ4v) is 1.28. The predicted molar refractivity (Wildman–Crippen MR) is 48.8 cm³/mol. The first-order valence-corrected chi connectivity index (χ1v) is 4.72. The Balaban J connectivity index is 2.33. The zero-order valence-electron chi connectivity index (χ0n) is 8.32. The molecule has 1 heterocycles. The number of amides is 1. The number of carbonyl (C=O) groups excluding carboxylic acids is 2. The molecule has 0 aliphatic carbocycles. The van der Waals surface area contributed by atoms with E-state index in [0.29, 0.717) is 19.7 Å². The van der Waals surface area contributed by atoms with Crippen molar-refractivity contribution in [2.75, 3.05) is 26.8 Å². The molecular formula is C9H15NO4. The van der Waals surface area contributed by atoms with Gasteiger partial charge in [0.25, 0.3) is 0 Å². The van der Waals surface area contributed by atoms with E-state index in [9.17, 15) is 9.59 Å². The van der Waals surface area contributed by atoms with Gasteiger partial charge in [-0.1, -0.05) is 0 Å². The molecule has 1 fully saturated rings. The van der Waals surface area contributed by atoms with E-state index >= 15 is 0 Å². The summed E-state index contributed by atoms with van der Waals surface area (Å²) in [4.78, 5) is 23.7. The molecule has 1 rings (SSSR count). The average Bonchev–Trinajstić information content (AvgIpc) is 2.39. The first-order valence-electron chi connectivity index (χ1n) is 4.72. The van der Waals surface area contributed by atoms with Gasteiger partial charge in [-0.3, -0.25) is 4.79 Å². The third-order valence-corrected chi connectivity index (χ3v) is 2.12. The molecule has 1 amide bonds. The van der Waals surface area contributed by atoms with Crippen LogP contribution < -0.4 is 0 Å². The smallest absolute Gasteiger partial charge is 0.409 e. The van der Waals surface area contributed by atoms with Crippen LogP contribution in [-0.4, -0.2) is 43.8 Å². The van der Waals surface area contributed by atoms with Gasteiger partial charge >= 0.3 is 12.1 Å². The number of ether oxygens (including phenoxy) is 2. The van der Waals surface area contributed by atoms with Crippen molar-refractivity contribution in [1.29, 1.82) is 0 Å². The lowest BCUT2D eigenvalue weighted by Crippen LogP contribution is -2.32. The molecule has 0 spiro atoms. The highest BCUT2D eigenvalue weighted by molar-refractivity contribution is 5.71. The maximum Gasteiger partial charge on any atom is 0.409 e. The average molecular weight is 201 g/mol. The summed E-state index contributed by atoms with van der Waals surface area (Å²) in [6, 6.07) is 0. The molecule has 1 saturated heterocycles. The topological polar surface area (TPSA) is 55.8 Å². The van der Waals surface area contributed by atoms with Crippen LogP contribution in [0.1, 0.15) is 19.3 Å². The lowest BCUT2D eigenvalue weighted by molar-refractivity contribution is -0.140. The molecule has 1 aliphatic heterocycles. The number of hydrogen-bond acceptors (Lipinski definition) is 4. The Morgan fingerprint density at radius 2 is 2.36 bits per heavy atom. The summed E-state index contributed by atoms with van der Waals surface area (Å²) in [5.41, 5.74) is 0. The Morgan fingerprint density at radius 3 is 3.07 bits per heavy atom. The van der Waals surface area contributed by atoms with Gasteiger partial charge in [0.2, 0.25) is 0 Å². The summed E-state index contributed by atoms with van der Waals surface area (Å²) < 4.78 is 9.41. The molecule has 0 N–H and O–H groups in total. The van der Waals surface area contributed by atoms with Crippen LogP contribution in [0, 0.1) is 0 Å². The van der Waals surface area contributed by atoms with Crippen LogP contribution in [0.25, 0.3) is 0 Å². The van der Waals surface area contributed by atoms with Gasteiger partial charge in [0.05, 0.1) is 20.1 Å². The molecule has 0 aromatic heterocycles. The van der Waals surface area contributed by atoms with Crippen LogP contribution in [0.4, 0.5) is 4.79 Å². The van der Waals surface area contributed by atoms with Gasteiger partial charge < -0.3 is 14.4 Å². The normalized spacial score (nSPS) is 17.2. The number of esters is 1. The Kier molecular flexibility index (Phi) is 4.22. The lowest BCUT2D eigenvalue weighted by atomic mass is 10.3. The van der Waals surface area contributed by atoms with Crippen molar-refractivity contribution in [2.24, 2.45) is 0 Å². The van der Waals surface area contributed by atoms with Crippen LogP contribution in [0.15, 0.2) is 0 Å².